The van der Waals surface area contributed by atoms with Gasteiger partial charge < -0.3 is 20.3 Å². The van der Waals surface area contributed by atoms with Gasteiger partial charge in [0.05, 0.1) is 6.20 Å². The molecular formula is C7H13N3O2. The summed E-state index contributed by atoms with van der Waals surface area (Å²) in [5.41, 5.74) is 5.94. The van der Waals surface area contributed by atoms with Gasteiger partial charge in [0, 0.05) is 13.6 Å². The van der Waals surface area contributed by atoms with Crippen LogP contribution in [0, 0.1) is 0 Å². The second kappa shape index (κ2) is 3.96. The first kappa shape index (κ1) is 8.86. The van der Waals surface area contributed by atoms with Crippen LogP contribution in [0.1, 0.15) is 6.42 Å². The molecule has 5 nitrogen and oxygen atoms in total. The lowest BCUT2D eigenvalue weighted by molar-refractivity contribution is 0.278. The van der Waals surface area contributed by atoms with Crippen molar-refractivity contribution in [2.75, 3.05) is 25.0 Å². The van der Waals surface area contributed by atoms with Gasteiger partial charge in [0.1, 0.15) is 5.69 Å². The number of nitrogens with two attached hydrogens (primary N) is 1. The summed E-state index contributed by atoms with van der Waals surface area (Å²) in [5.74, 6) is -0.144. The molecule has 0 saturated carbocycles. The molecule has 0 atom stereocenters. The molecular weight excluding hydrogens is 158 g/mol. The summed E-state index contributed by atoms with van der Waals surface area (Å²) in [6.07, 6.45) is 2.35. The van der Waals surface area contributed by atoms with Gasteiger partial charge in [0.15, 0.2) is 0 Å². The van der Waals surface area contributed by atoms with Gasteiger partial charge in [0.25, 0.3) is 0 Å². The fraction of sp³-hybridized carbons (Fsp3) is 0.571. The Morgan fingerprint density at radius 2 is 2.50 bits per heavy atom. The molecule has 3 N–H and O–H groups in total. The van der Waals surface area contributed by atoms with Crippen LogP contribution in [0.25, 0.3) is 0 Å². The van der Waals surface area contributed by atoms with Crippen molar-refractivity contribution in [3.05, 3.63) is 6.20 Å². The Hall–Kier alpha value is -1.23. The molecule has 1 heterocycles. The minimum atomic E-state index is -0.144. The van der Waals surface area contributed by atoms with Crippen LogP contribution in [0.5, 0.6) is 5.95 Å². The van der Waals surface area contributed by atoms with E-state index in [0.717, 1.165) is 13.0 Å². The molecule has 0 saturated heterocycles. The monoisotopic (exact) mass is 171 g/mol. The molecule has 0 aliphatic rings. The van der Waals surface area contributed by atoms with Crippen LogP contribution in [0.2, 0.25) is 0 Å². The predicted octanol–water partition coefficient (Wildman–Crippen LogP) is 0.165. The average molecular weight is 171 g/mol. The Balaban J connectivity index is 2.52. The molecule has 0 radical (unpaired) electrons. The molecule has 1 aromatic rings. The third kappa shape index (κ3) is 1.88. The van der Waals surface area contributed by atoms with Gasteiger partial charge in [-0.1, -0.05) is 5.16 Å². The second-order valence-electron chi connectivity index (χ2n) is 2.58. The van der Waals surface area contributed by atoms with Crippen molar-refractivity contribution in [1.29, 1.82) is 0 Å². The van der Waals surface area contributed by atoms with E-state index in [4.69, 9.17) is 10.8 Å². The van der Waals surface area contributed by atoms with E-state index in [2.05, 4.69) is 9.68 Å². The Kier molecular flexibility index (Phi) is 2.93. The Morgan fingerprint density at radius 3 is 3.00 bits per heavy atom. The van der Waals surface area contributed by atoms with E-state index in [0.29, 0.717) is 12.2 Å². The molecule has 12 heavy (non-hydrogen) atoms. The summed E-state index contributed by atoms with van der Waals surface area (Å²) in [6.45, 7) is 1.42. The maximum Gasteiger partial charge on any atom is 0.332 e. The highest BCUT2D eigenvalue weighted by atomic mass is 16.5. The smallest absolute Gasteiger partial charge is 0.332 e. The maximum absolute atomic E-state index is 9.12. The van der Waals surface area contributed by atoms with Crippen molar-refractivity contribution in [3.63, 3.8) is 0 Å². The van der Waals surface area contributed by atoms with E-state index in [-0.39, 0.29) is 5.95 Å². The van der Waals surface area contributed by atoms with Crippen LogP contribution >= 0.6 is 0 Å². The normalized spacial score (nSPS) is 10.2. The average Bonchev–Trinajstić information content (AvgIpc) is 2.47. The van der Waals surface area contributed by atoms with Gasteiger partial charge in [-0.2, -0.15) is 0 Å². The number of rotatable bonds is 4. The summed E-state index contributed by atoms with van der Waals surface area (Å²) >= 11 is 0. The third-order valence-electron chi connectivity index (χ3n) is 1.64. The van der Waals surface area contributed by atoms with Gasteiger partial charge in [-0.3, -0.25) is 0 Å². The minimum absolute atomic E-state index is 0.144. The lowest BCUT2D eigenvalue weighted by Crippen LogP contribution is -2.20. The molecule has 5 heteroatoms. The number of hydrogen-bond acceptors (Lipinski definition) is 5. The molecule has 0 aromatic carbocycles. The van der Waals surface area contributed by atoms with Gasteiger partial charge in [-0.15, -0.1) is 0 Å². The van der Waals surface area contributed by atoms with Gasteiger partial charge in [-0.05, 0) is 13.0 Å². The Labute approximate surface area is 70.8 Å². The molecule has 0 spiro atoms. The van der Waals surface area contributed by atoms with Gasteiger partial charge in [-0.25, -0.2) is 0 Å². The van der Waals surface area contributed by atoms with Crippen molar-refractivity contribution in [2.24, 2.45) is 5.73 Å². The lowest BCUT2D eigenvalue weighted by Gasteiger charge is -2.15. The highest BCUT2D eigenvalue weighted by Crippen LogP contribution is 2.24. The molecule has 1 rings (SSSR count). The van der Waals surface area contributed by atoms with Crippen LogP contribution in [0.15, 0.2) is 10.7 Å². The first-order chi connectivity index (χ1) is 5.75. The van der Waals surface area contributed by atoms with Crippen LogP contribution in [0.3, 0.4) is 0 Å². The molecule has 0 aliphatic carbocycles. The summed E-state index contributed by atoms with van der Waals surface area (Å²) in [7, 11) is 1.85. The zero-order chi connectivity index (χ0) is 8.97. The van der Waals surface area contributed by atoms with Crippen LogP contribution in [-0.4, -0.2) is 30.4 Å². The number of nitrogens with zero attached hydrogens (tertiary/aromatic N) is 2. The van der Waals surface area contributed by atoms with E-state index in [1.807, 2.05) is 11.9 Å². The second-order valence-corrected chi connectivity index (χ2v) is 2.58. The third-order valence-corrected chi connectivity index (χ3v) is 1.64. The van der Waals surface area contributed by atoms with Crippen LogP contribution < -0.4 is 10.6 Å². The van der Waals surface area contributed by atoms with Crippen molar-refractivity contribution in [3.8, 4) is 5.95 Å². The Morgan fingerprint density at radius 1 is 1.75 bits per heavy atom. The molecule has 0 amide bonds. The van der Waals surface area contributed by atoms with E-state index in [1.165, 1.54) is 6.20 Å². The number of anilines is 1. The van der Waals surface area contributed by atoms with Crippen molar-refractivity contribution in [2.45, 2.75) is 6.42 Å². The van der Waals surface area contributed by atoms with E-state index < -0.39 is 0 Å². The predicted molar refractivity (Wildman–Crippen MR) is 45.1 cm³/mol. The fourth-order valence-corrected chi connectivity index (χ4v) is 0.939. The van der Waals surface area contributed by atoms with E-state index in [9.17, 15) is 0 Å². The topological polar surface area (TPSA) is 75.5 Å². The molecule has 0 bridgehead atoms. The summed E-state index contributed by atoms with van der Waals surface area (Å²) in [6, 6.07) is 0. The standard InChI is InChI=1S/C7H13N3O2/c1-10(4-2-3-8)6-5-9-12-7(6)11/h5,11H,2-4,8H2,1H3. The maximum atomic E-state index is 9.12. The number of hydrogen-bond donors (Lipinski definition) is 2. The number of aromatic hydroxyl groups is 1. The first-order valence-corrected chi connectivity index (χ1v) is 3.80. The molecule has 0 fully saturated rings. The Bertz CT molecular complexity index is 236. The zero-order valence-corrected chi connectivity index (χ0v) is 7.03. The quantitative estimate of drug-likeness (QED) is 0.675. The highest BCUT2D eigenvalue weighted by Gasteiger charge is 2.09. The lowest BCUT2D eigenvalue weighted by atomic mass is 10.4. The summed E-state index contributed by atoms with van der Waals surface area (Å²) in [4.78, 5) is 1.85. The van der Waals surface area contributed by atoms with Gasteiger partial charge in [0.2, 0.25) is 0 Å². The summed E-state index contributed by atoms with van der Waals surface area (Å²) in [5, 5.41) is 12.6. The molecule has 0 aliphatic heterocycles. The minimum Gasteiger partial charge on any atom is -0.478 e. The molecule has 1 aromatic heterocycles. The first-order valence-electron chi connectivity index (χ1n) is 3.80. The van der Waals surface area contributed by atoms with E-state index >= 15 is 0 Å². The van der Waals surface area contributed by atoms with Crippen LogP contribution in [0.4, 0.5) is 5.69 Å². The van der Waals surface area contributed by atoms with E-state index in [1.54, 1.807) is 0 Å². The molecule has 0 unspecified atom stereocenters. The van der Waals surface area contributed by atoms with Crippen molar-refractivity contribution < 1.29 is 9.63 Å². The number of aromatic nitrogens is 1. The van der Waals surface area contributed by atoms with Gasteiger partial charge >= 0.3 is 5.95 Å². The highest BCUT2D eigenvalue weighted by molar-refractivity contribution is 5.50. The van der Waals surface area contributed by atoms with Crippen molar-refractivity contribution >= 4 is 5.69 Å². The zero-order valence-electron chi connectivity index (χ0n) is 7.03. The largest absolute Gasteiger partial charge is 0.478 e. The van der Waals surface area contributed by atoms with Crippen LogP contribution in [-0.2, 0) is 0 Å². The van der Waals surface area contributed by atoms with Crippen molar-refractivity contribution in [1.82, 2.24) is 5.16 Å². The fourth-order valence-electron chi connectivity index (χ4n) is 0.939. The molecule has 68 valence electrons. The summed E-state index contributed by atoms with van der Waals surface area (Å²) < 4.78 is 4.50. The SMILES string of the molecule is CN(CCCN)c1cnoc1O.